The largest absolute Gasteiger partial charge is 0.454 e. The number of amides is 2. The summed E-state index contributed by atoms with van der Waals surface area (Å²) in [5.74, 6) is 2.18. The van der Waals surface area contributed by atoms with Crippen molar-refractivity contribution in [3.8, 4) is 11.5 Å². The fourth-order valence-corrected chi connectivity index (χ4v) is 5.67. The molecule has 1 atom stereocenters. The molecule has 2 aliphatic heterocycles. The summed E-state index contributed by atoms with van der Waals surface area (Å²) in [5, 5.41) is 0. The van der Waals surface area contributed by atoms with E-state index in [2.05, 4.69) is 0 Å². The third-order valence-corrected chi connectivity index (χ3v) is 7.65. The van der Waals surface area contributed by atoms with Crippen molar-refractivity contribution < 1.29 is 19.1 Å². The Morgan fingerprint density at radius 2 is 1.89 bits per heavy atom. The average molecular weight is 475 g/mol. The van der Waals surface area contributed by atoms with E-state index in [0.29, 0.717) is 30.5 Å². The summed E-state index contributed by atoms with van der Waals surface area (Å²) < 4.78 is 12.9. The quantitative estimate of drug-likeness (QED) is 0.557. The Balaban J connectivity index is 1.28. The molecule has 3 aliphatic rings. The lowest BCUT2D eigenvalue weighted by Crippen LogP contribution is -2.40. The zero-order valence-electron chi connectivity index (χ0n) is 20.0. The summed E-state index contributed by atoms with van der Waals surface area (Å²) in [6, 6.07) is 13.8. The van der Waals surface area contributed by atoms with Crippen LogP contribution in [-0.2, 0) is 16.1 Å². The topological polar surface area (TPSA) is 76.9 Å². The molecule has 0 N–H and O–H groups in total. The highest BCUT2D eigenvalue weighted by Crippen LogP contribution is 2.39. The molecule has 2 aromatic carbocycles. The second-order valence-corrected chi connectivity index (χ2v) is 9.78. The van der Waals surface area contributed by atoms with Gasteiger partial charge in [0, 0.05) is 43.7 Å². The molecule has 1 saturated carbocycles. The van der Waals surface area contributed by atoms with Gasteiger partial charge in [0.05, 0.1) is 11.0 Å². The lowest BCUT2D eigenvalue weighted by atomic mass is 9.94. The Kier molecular flexibility index (Phi) is 5.59. The number of benzene rings is 2. The van der Waals surface area contributed by atoms with Crippen LogP contribution in [0.25, 0.3) is 11.0 Å². The van der Waals surface area contributed by atoms with Gasteiger partial charge in [-0.25, -0.2) is 4.98 Å². The molecule has 35 heavy (non-hydrogen) atoms. The van der Waals surface area contributed by atoms with E-state index in [-0.39, 0.29) is 31.1 Å². The molecule has 0 bridgehead atoms. The van der Waals surface area contributed by atoms with Gasteiger partial charge in [0.25, 0.3) is 0 Å². The summed E-state index contributed by atoms with van der Waals surface area (Å²) in [6.07, 6.45) is 6.11. The molecule has 8 heteroatoms. The normalized spacial score (nSPS) is 20.1. The van der Waals surface area contributed by atoms with Crippen molar-refractivity contribution in [2.75, 3.05) is 25.3 Å². The van der Waals surface area contributed by atoms with Crippen LogP contribution in [-0.4, -0.2) is 52.7 Å². The number of hydrogen-bond donors (Lipinski definition) is 0. The van der Waals surface area contributed by atoms with Crippen molar-refractivity contribution in [3.63, 3.8) is 0 Å². The second-order valence-electron chi connectivity index (χ2n) is 9.78. The maximum atomic E-state index is 13.4. The molecular weight excluding hydrogens is 444 g/mol. The molecule has 0 spiro atoms. The number of nitrogens with zero attached hydrogens (tertiary/aromatic N) is 4. The Bertz CT molecular complexity index is 1280. The molecule has 3 heterocycles. The molecule has 0 radical (unpaired) electrons. The van der Waals surface area contributed by atoms with Crippen molar-refractivity contribution in [3.05, 3.63) is 48.3 Å². The van der Waals surface area contributed by atoms with Crippen LogP contribution in [0.3, 0.4) is 0 Å². The number of carbonyl (C=O) groups excluding carboxylic acids is 2. The van der Waals surface area contributed by atoms with Crippen LogP contribution in [0, 0.1) is 0 Å². The Hall–Kier alpha value is -3.55. The molecule has 3 aromatic rings. The van der Waals surface area contributed by atoms with E-state index in [4.69, 9.17) is 14.5 Å². The first kappa shape index (κ1) is 21.9. The van der Waals surface area contributed by atoms with Gasteiger partial charge in [-0.1, -0.05) is 31.4 Å². The molecule has 2 amide bonds. The first-order valence-electron chi connectivity index (χ1n) is 12.5. The summed E-state index contributed by atoms with van der Waals surface area (Å²) >= 11 is 0. The Morgan fingerprint density at radius 3 is 2.74 bits per heavy atom. The molecular formula is C27H30N4O4. The number of anilines is 1. The second kappa shape index (κ2) is 8.91. The third kappa shape index (κ3) is 4.00. The summed E-state index contributed by atoms with van der Waals surface area (Å²) in [5.41, 5.74) is 2.57. The van der Waals surface area contributed by atoms with Crippen LogP contribution in [0.1, 0.15) is 50.3 Å². The number of carbonyl (C=O) groups is 2. The number of hydrogen-bond acceptors (Lipinski definition) is 5. The smallest absolute Gasteiger partial charge is 0.242 e. The predicted molar refractivity (Wildman–Crippen MR) is 132 cm³/mol. The van der Waals surface area contributed by atoms with Gasteiger partial charge in [0.2, 0.25) is 18.6 Å². The van der Waals surface area contributed by atoms with Crippen molar-refractivity contribution >= 4 is 28.5 Å². The molecule has 1 saturated heterocycles. The molecule has 1 aromatic heterocycles. The Morgan fingerprint density at radius 1 is 1.09 bits per heavy atom. The number of likely N-dealkylation sites (N-methyl/N-ethyl adjacent to an activating group) is 1. The number of ether oxygens (including phenoxy) is 2. The minimum atomic E-state index is -0.104. The van der Waals surface area contributed by atoms with Crippen LogP contribution in [0.5, 0.6) is 11.5 Å². The van der Waals surface area contributed by atoms with E-state index in [9.17, 15) is 9.59 Å². The van der Waals surface area contributed by atoms with Gasteiger partial charge >= 0.3 is 0 Å². The van der Waals surface area contributed by atoms with Crippen molar-refractivity contribution in [2.24, 2.45) is 0 Å². The SMILES string of the molecule is CN(C(=O)Cn1c(C2CC(=O)N(c3ccc4c(c3)OCO4)C2)nc2ccccc21)C1CCCCC1. The van der Waals surface area contributed by atoms with Gasteiger partial charge in [-0.15, -0.1) is 0 Å². The zero-order chi connectivity index (χ0) is 23.9. The number of aromatic nitrogens is 2. The van der Waals surface area contributed by atoms with Gasteiger partial charge in [-0.3, -0.25) is 9.59 Å². The standard InChI is InChI=1S/C27H30N4O4/c1-29(19-7-3-2-4-8-19)26(33)16-31-22-10-6-5-9-21(22)28-27(31)18-13-25(32)30(15-18)20-11-12-23-24(14-20)35-17-34-23/h5-6,9-12,14,18-19H,2-4,7-8,13,15-17H2,1H3. The fraction of sp³-hybridized carbons (Fsp3) is 0.444. The van der Waals surface area contributed by atoms with E-state index >= 15 is 0 Å². The van der Waals surface area contributed by atoms with Crippen molar-refractivity contribution in [1.29, 1.82) is 0 Å². The summed E-state index contributed by atoms with van der Waals surface area (Å²) in [4.78, 5) is 35.0. The van der Waals surface area contributed by atoms with E-state index in [0.717, 1.165) is 35.4 Å². The van der Waals surface area contributed by atoms with E-state index in [1.165, 1.54) is 19.3 Å². The molecule has 182 valence electrons. The van der Waals surface area contributed by atoms with Gasteiger partial charge in [0.1, 0.15) is 12.4 Å². The number of para-hydroxylation sites is 2. The molecule has 2 fully saturated rings. The highest BCUT2D eigenvalue weighted by Gasteiger charge is 2.36. The van der Waals surface area contributed by atoms with Gasteiger partial charge < -0.3 is 23.8 Å². The minimum absolute atomic E-state index is 0.0399. The number of fused-ring (bicyclic) bond motifs is 2. The lowest BCUT2D eigenvalue weighted by Gasteiger charge is -2.31. The summed E-state index contributed by atoms with van der Waals surface area (Å²) in [7, 11) is 1.93. The third-order valence-electron chi connectivity index (χ3n) is 7.65. The minimum Gasteiger partial charge on any atom is -0.454 e. The number of imidazole rings is 1. The average Bonchev–Trinajstić information content (AvgIpc) is 3.60. The highest BCUT2D eigenvalue weighted by atomic mass is 16.7. The predicted octanol–water partition coefficient (Wildman–Crippen LogP) is 4.08. The van der Waals surface area contributed by atoms with Crippen molar-refractivity contribution in [2.45, 2.75) is 57.0 Å². The molecule has 8 nitrogen and oxygen atoms in total. The number of rotatable bonds is 5. The van der Waals surface area contributed by atoms with Crippen LogP contribution in [0.15, 0.2) is 42.5 Å². The van der Waals surface area contributed by atoms with Gasteiger partial charge in [-0.2, -0.15) is 0 Å². The van der Waals surface area contributed by atoms with E-state index in [1.807, 2.05) is 59.0 Å². The maximum absolute atomic E-state index is 13.4. The van der Waals surface area contributed by atoms with Crippen LogP contribution >= 0.6 is 0 Å². The zero-order valence-corrected chi connectivity index (χ0v) is 20.0. The van der Waals surface area contributed by atoms with Crippen LogP contribution in [0.4, 0.5) is 5.69 Å². The van der Waals surface area contributed by atoms with Gasteiger partial charge in [0.15, 0.2) is 11.5 Å². The summed E-state index contributed by atoms with van der Waals surface area (Å²) in [6.45, 7) is 0.939. The maximum Gasteiger partial charge on any atom is 0.242 e. The van der Waals surface area contributed by atoms with Crippen molar-refractivity contribution in [1.82, 2.24) is 14.5 Å². The van der Waals surface area contributed by atoms with E-state index < -0.39 is 0 Å². The monoisotopic (exact) mass is 474 g/mol. The van der Waals surface area contributed by atoms with E-state index in [1.54, 1.807) is 4.90 Å². The molecule has 1 aliphatic carbocycles. The first-order chi connectivity index (χ1) is 17.1. The highest BCUT2D eigenvalue weighted by molar-refractivity contribution is 5.97. The van der Waals surface area contributed by atoms with Crippen LogP contribution < -0.4 is 14.4 Å². The fourth-order valence-electron chi connectivity index (χ4n) is 5.67. The van der Waals surface area contributed by atoms with Crippen LogP contribution in [0.2, 0.25) is 0 Å². The Labute approximate surface area is 204 Å². The first-order valence-corrected chi connectivity index (χ1v) is 12.5. The van der Waals surface area contributed by atoms with Gasteiger partial charge in [-0.05, 0) is 37.1 Å². The molecule has 6 rings (SSSR count). The molecule has 1 unspecified atom stereocenters. The lowest BCUT2D eigenvalue weighted by molar-refractivity contribution is -0.133.